The van der Waals surface area contributed by atoms with E-state index in [0.717, 1.165) is 37.2 Å². The molecule has 0 aliphatic carbocycles. The van der Waals surface area contributed by atoms with Crippen molar-refractivity contribution in [3.63, 3.8) is 0 Å². The van der Waals surface area contributed by atoms with E-state index in [0.29, 0.717) is 24.6 Å². The van der Waals surface area contributed by atoms with Gasteiger partial charge in [-0.2, -0.15) is 0 Å². The number of likely N-dealkylation sites (tertiary alicyclic amines) is 1. The number of hydrogen-bond donors (Lipinski definition) is 1. The molecular weight excluding hydrogens is 336 g/mol. The van der Waals surface area contributed by atoms with Crippen LogP contribution in [0.2, 0.25) is 0 Å². The molecule has 2 aromatic rings. The fraction of sp³-hybridized carbons (Fsp3) is 0.350. The van der Waals surface area contributed by atoms with Crippen LogP contribution in [0.1, 0.15) is 28.8 Å². The summed E-state index contributed by atoms with van der Waals surface area (Å²) in [5.41, 5.74) is 7.51. The van der Waals surface area contributed by atoms with E-state index in [1.54, 1.807) is 0 Å². The van der Waals surface area contributed by atoms with Gasteiger partial charge < -0.3 is 15.4 Å². The summed E-state index contributed by atoms with van der Waals surface area (Å²) < 4.78 is 5.82. The molecule has 1 amide bonds. The number of nitrogens with zero attached hydrogens (tertiary/aromatic N) is 1. The van der Waals surface area contributed by atoms with Gasteiger partial charge in [-0.3, -0.25) is 4.79 Å². The highest BCUT2D eigenvalue weighted by Gasteiger charge is 2.23. The lowest BCUT2D eigenvalue weighted by molar-refractivity contribution is 0.0693. The molecular formula is C20H25ClN2O2. The summed E-state index contributed by atoms with van der Waals surface area (Å²) in [7, 11) is 0. The molecule has 1 fully saturated rings. The Morgan fingerprint density at radius 3 is 2.48 bits per heavy atom. The van der Waals surface area contributed by atoms with Crippen LogP contribution in [-0.2, 0) is 6.61 Å². The average Bonchev–Trinajstić information content (AvgIpc) is 2.67. The van der Waals surface area contributed by atoms with Crippen LogP contribution in [0.25, 0.3) is 0 Å². The van der Waals surface area contributed by atoms with E-state index in [1.807, 2.05) is 59.5 Å². The third-order valence-electron chi connectivity index (χ3n) is 4.56. The van der Waals surface area contributed by atoms with Gasteiger partial charge in [0.2, 0.25) is 0 Å². The van der Waals surface area contributed by atoms with Crippen molar-refractivity contribution in [2.24, 2.45) is 11.7 Å². The Morgan fingerprint density at radius 1 is 1.08 bits per heavy atom. The summed E-state index contributed by atoms with van der Waals surface area (Å²) in [6.07, 6.45) is 1.98. The van der Waals surface area contributed by atoms with Crippen molar-refractivity contribution in [3.05, 3.63) is 65.7 Å². The molecule has 3 rings (SSSR count). The van der Waals surface area contributed by atoms with Gasteiger partial charge in [-0.25, -0.2) is 0 Å². The van der Waals surface area contributed by atoms with Crippen LogP contribution in [0.4, 0.5) is 0 Å². The lowest BCUT2D eigenvalue weighted by Crippen LogP contribution is -2.40. The predicted molar refractivity (Wildman–Crippen MR) is 102 cm³/mol. The van der Waals surface area contributed by atoms with Gasteiger partial charge >= 0.3 is 0 Å². The smallest absolute Gasteiger partial charge is 0.253 e. The molecule has 0 atom stereocenters. The maximum atomic E-state index is 12.7. The quantitative estimate of drug-likeness (QED) is 0.887. The summed E-state index contributed by atoms with van der Waals surface area (Å²) >= 11 is 0. The fourth-order valence-electron chi connectivity index (χ4n) is 3.01. The predicted octanol–water partition coefficient (Wildman–Crippen LogP) is 3.50. The van der Waals surface area contributed by atoms with Gasteiger partial charge in [0.15, 0.2) is 0 Å². The molecule has 5 heteroatoms. The number of halogens is 1. The molecule has 1 heterocycles. The maximum Gasteiger partial charge on any atom is 0.253 e. The highest BCUT2D eigenvalue weighted by Crippen LogP contribution is 2.20. The molecule has 0 saturated carbocycles. The van der Waals surface area contributed by atoms with Crippen LogP contribution < -0.4 is 10.5 Å². The summed E-state index contributed by atoms with van der Waals surface area (Å²) in [5, 5.41) is 0. The average molecular weight is 361 g/mol. The highest BCUT2D eigenvalue weighted by atomic mass is 35.5. The third-order valence-corrected chi connectivity index (χ3v) is 4.56. The van der Waals surface area contributed by atoms with Crippen LogP contribution in [-0.4, -0.2) is 30.4 Å². The van der Waals surface area contributed by atoms with Crippen LogP contribution in [0.15, 0.2) is 54.6 Å². The highest BCUT2D eigenvalue weighted by molar-refractivity contribution is 5.94. The molecule has 134 valence electrons. The van der Waals surface area contributed by atoms with Crippen LogP contribution in [0, 0.1) is 5.92 Å². The van der Waals surface area contributed by atoms with Crippen LogP contribution in [0.3, 0.4) is 0 Å². The van der Waals surface area contributed by atoms with E-state index in [2.05, 4.69) is 0 Å². The minimum Gasteiger partial charge on any atom is -0.489 e. The molecule has 0 spiro atoms. The molecule has 0 radical (unpaired) electrons. The summed E-state index contributed by atoms with van der Waals surface area (Å²) in [4.78, 5) is 14.6. The lowest BCUT2D eigenvalue weighted by Gasteiger charge is -2.31. The molecule has 0 bridgehead atoms. The number of piperidine rings is 1. The first kappa shape index (κ1) is 19.3. The van der Waals surface area contributed by atoms with Gasteiger partial charge in [0.05, 0.1) is 0 Å². The van der Waals surface area contributed by atoms with E-state index in [1.165, 1.54) is 0 Å². The molecule has 1 aliphatic rings. The SMILES string of the molecule is Cl.NCC1CCN(C(=O)c2cccc(OCc3ccccc3)c2)CC1. The number of carbonyl (C=O) groups is 1. The second-order valence-electron chi connectivity index (χ2n) is 6.27. The monoisotopic (exact) mass is 360 g/mol. The largest absolute Gasteiger partial charge is 0.489 e. The van der Waals surface area contributed by atoms with Gasteiger partial charge in [0.25, 0.3) is 5.91 Å². The zero-order valence-electron chi connectivity index (χ0n) is 14.3. The Morgan fingerprint density at radius 2 is 1.80 bits per heavy atom. The van der Waals surface area contributed by atoms with Gasteiger partial charge in [-0.15, -0.1) is 12.4 Å². The molecule has 2 aromatic carbocycles. The molecule has 1 saturated heterocycles. The zero-order valence-corrected chi connectivity index (χ0v) is 15.1. The normalized spacial score (nSPS) is 14.7. The van der Waals surface area contributed by atoms with E-state index in [9.17, 15) is 4.79 Å². The number of nitrogens with two attached hydrogens (primary N) is 1. The molecule has 2 N–H and O–H groups in total. The summed E-state index contributed by atoms with van der Waals surface area (Å²) in [6.45, 7) is 2.79. The molecule has 25 heavy (non-hydrogen) atoms. The Kier molecular flexibility index (Phi) is 7.29. The van der Waals surface area contributed by atoms with E-state index < -0.39 is 0 Å². The van der Waals surface area contributed by atoms with Crippen molar-refractivity contribution in [3.8, 4) is 5.75 Å². The molecule has 4 nitrogen and oxygen atoms in total. The minimum absolute atomic E-state index is 0. The van der Waals surface area contributed by atoms with Crippen molar-refractivity contribution >= 4 is 18.3 Å². The fourth-order valence-corrected chi connectivity index (χ4v) is 3.01. The second kappa shape index (κ2) is 9.44. The van der Waals surface area contributed by atoms with Gasteiger partial charge in [0.1, 0.15) is 12.4 Å². The van der Waals surface area contributed by atoms with Gasteiger partial charge in [-0.1, -0.05) is 36.4 Å². The molecule has 0 unspecified atom stereocenters. The Labute approximate surface area is 155 Å². The Hall–Kier alpha value is -2.04. The topological polar surface area (TPSA) is 55.6 Å². The van der Waals surface area contributed by atoms with Crippen LogP contribution in [0.5, 0.6) is 5.75 Å². The standard InChI is InChI=1S/C20H24N2O2.ClH/c21-14-16-9-11-22(12-10-16)20(23)18-7-4-8-19(13-18)24-15-17-5-2-1-3-6-17;/h1-8,13,16H,9-12,14-15,21H2;1H. The van der Waals surface area contributed by atoms with E-state index in [4.69, 9.17) is 10.5 Å². The van der Waals surface area contributed by atoms with E-state index >= 15 is 0 Å². The van der Waals surface area contributed by atoms with Crippen molar-refractivity contribution in [1.82, 2.24) is 4.90 Å². The zero-order chi connectivity index (χ0) is 16.8. The minimum atomic E-state index is 0. The number of amides is 1. The van der Waals surface area contributed by atoms with Crippen molar-refractivity contribution in [2.75, 3.05) is 19.6 Å². The number of hydrogen-bond acceptors (Lipinski definition) is 3. The maximum absolute atomic E-state index is 12.7. The van der Waals surface area contributed by atoms with Crippen molar-refractivity contribution < 1.29 is 9.53 Å². The summed E-state index contributed by atoms with van der Waals surface area (Å²) in [5.74, 6) is 1.35. The first-order chi connectivity index (χ1) is 11.8. The lowest BCUT2D eigenvalue weighted by atomic mass is 9.96. The van der Waals surface area contributed by atoms with Crippen molar-refractivity contribution in [2.45, 2.75) is 19.4 Å². The van der Waals surface area contributed by atoms with Gasteiger partial charge in [0, 0.05) is 18.7 Å². The van der Waals surface area contributed by atoms with Crippen LogP contribution >= 0.6 is 12.4 Å². The van der Waals surface area contributed by atoms with Gasteiger partial charge in [-0.05, 0) is 49.1 Å². The molecule has 1 aliphatic heterocycles. The summed E-state index contributed by atoms with van der Waals surface area (Å²) in [6, 6.07) is 17.5. The third kappa shape index (κ3) is 5.21. The van der Waals surface area contributed by atoms with Crippen molar-refractivity contribution in [1.29, 1.82) is 0 Å². The number of rotatable bonds is 5. The Balaban J connectivity index is 0.00000225. The second-order valence-corrected chi connectivity index (χ2v) is 6.27. The van der Waals surface area contributed by atoms with E-state index in [-0.39, 0.29) is 18.3 Å². The molecule has 0 aromatic heterocycles. The first-order valence-corrected chi connectivity index (χ1v) is 8.52. The number of benzene rings is 2. The first-order valence-electron chi connectivity index (χ1n) is 8.52. The Bertz CT molecular complexity index is 670. The number of ether oxygens (including phenoxy) is 1. The number of carbonyl (C=O) groups excluding carboxylic acids is 1.